The SMILES string of the molecule is C=C(CC(C)C)C(=O)OCCOC(=O)c1ccc(C(=O)OC)cc1. The van der Waals surface area contributed by atoms with E-state index in [1.165, 1.54) is 31.4 Å². The molecular weight excluding hydrogens is 312 g/mol. The number of carbonyl (C=O) groups excluding carboxylic acids is 3. The van der Waals surface area contributed by atoms with Crippen LogP contribution in [0.15, 0.2) is 36.4 Å². The van der Waals surface area contributed by atoms with Crippen molar-refractivity contribution in [2.45, 2.75) is 20.3 Å². The van der Waals surface area contributed by atoms with Crippen molar-refractivity contribution in [3.8, 4) is 0 Å². The Morgan fingerprint density at radius 2 is 1.46 bits per heavy atom. The first-order valence-electron chi connectivity index (χ1n) is 7.55. The molecule has 0 spiro atoms. The van der Waals surface area contributed by atoms with Crippen LogP contribution in [-0.2, 0) is 19.0 Å². The van der Waals surface area contributed by atoms with Gasteiger partial charge in [0.15, 0.2) is 0 Å². The van der Waals surface area contributed by atoms with Crippen LogP contribution in [-0.4, -0.2) is 38.2 Å². The standard InChI is InChI=1S/C18H22O6/c1-12(2)11-13(3)16(19)23-9-10-24-18(21)15-7-5-14(6-8-15)17(20)22-4/h5-8,12H,3,9-11H2,1-2,4H3. The molecule has 0 saturated heterocycles. The molecular formula is C18H22O6. The van der Waals surface area contributed by atoms with E-state index >= 15 is 0 Å². The Balaban J connectivity index is 2.37. The van der Waals surface area contributed by atoms with Crippen molar-refractivity contribution in [2.75, 3.05) is 20.3 Å². The maximum Gasteiger partial charge on any atom is 0.338 e. The Kier molecular flexibility index (Phi) is 7.68. The van der Waals surface area contributed by atoms with Gasteiger partial charge in [-0.15, -0.1) is 0 Å². The number of methoxy groups -OCH3 is 1. The summed E-state index contributed by atoms with van der Waals surface area (Å²) < 4.78 is 14.6. The summed E-state index contributed by atoms with van der Waals surface area (Å²) in [5.74, 6) is -1.22. The molecule has 0 N–H and O–H groups in total. The third-order valence-electron chi connectivity index (χ3n) is 3.03. The summed E-state index contributed by atoms with van der Waals surface area (Å²) in [5.41, 5.74) is 1.03. The molecule has 0 fully saturated rings. The van der Waals surface area contributed by atoms with Crippen LogP contribution in [0.5, 0.6) is 0 Å². The number of rotatable bonds is 8. The smallest absolute Gasteiger partial charge is 0.338 e. The van der Waals surface area contributed by atoms with Crippen LogP contribution in [0, 0.1) is 5.92 Å². The summed E-state index contributed by atoms with van der Waals surface area (Å²) in [6.45, 7) is 7.52. The van der Waals surface area contributed by atoms with Crippen molar-refractivity contribution in [3.05, 3.63) is 47.5 Å². The lowest BCUT2D eigenvalue weighted by Gasteiger charge is -2.09. The van der Waals surface area contributed by atoms with E-state index in [0.717, 1.165) is 0 Å². The van der Waals surface area contributed by atoms with Gasteiger partial charge in [-0.1, -0.05) is 20.4 Å². The average Bonchev–Trinajstić information content (AvgIpc) is 2.57. The first kappa shape index (κ1) is 19.4. The van der Waals surface area contributed by atoms with E-state index in [2.05, 4.69) is 11.3 Å². The monoisotopic (exact) mass is 334 g/mol. The fourth-order valence-corrected chi connectivity index (χ4v) is 1.89. The molecule has 1 rings (SSSR count). The zero-order valence-corrected chi connectivity index (χ0v) is 14.2. The Morgan fingerprint density at radius 3 is 1.96 bits per heavy atom. The van der Waals surface area contributed by atoms with Crippen molar-refractivity contribution in [1.82, 2.24) is 0 Å². The molecule has 24 heavy (non-hydrogen) atoms. The van der Waals surface area contributed by atoms with Gasteiger partial charge in [0.05, 0.1) is 18.2 Å². The Hall–Kier alpha value is -2.63. The van der Waals surface area contributed by atoms with Crippen molar-refractivity contribution in [3.63, 3.8) is 0 Å². The van der Waals surface area contributed by atoms with Crippen molar-refractivity contribution < 1.29 is 28.6 Å². The van der Waals surface area contributed by atoms with Gasteiger partial charge in [-0.3, -0.25) is 0 Å². The highest BCUT2D eigenvalue weighted by Gasteiger charge is 2.12. The Morgan fingerprint density at radius 1 is 0.958 bits per heavy atom. The van der Waals surface area contributed by atoms with Crippen LogP contribution >= 0.6 is 0 Å². The number of hydrogen-bond donors (Lipinski definition) is 0. The highest BCUT2D eigenvalue weighted by molar-refractivity contribution is 5.93. The van der Waals surface area contributed by atoms with E-state index in [-0.39, 0.29) is 18.8 Å². The van der Waals surface area contributed by atoms with E-state index in [0.29, 0.717) is 23.5 Å². The van der Waals surface area contributed by atoms with E-state index in [1.54, 1.807) is 0 Å². The number of carbonyl (C=O) groups is 3. The predicted molar refractivity (Wildman–Crippen MR) is 87.6 cm³/mol. The second-order valence-electron chi connectivity index (χ2n) is 5.54. The molecule has 0 aliphatic rings. The number of esters is 3. The summed E-state index contributed by atoms with van der Waals surface area (Å²) in [6, 6.07) is 5.87. The first-order chi connectivity index (χ1) is 11.3. The molecule has 0 bridgehead atoms. The molecule has 0 aromatic heterocycles. The lowest BCUT2D eigenvalue weighted by molar-refractivity contribution is -0.140. The molecule has 130 valence electrons. The van der Waals surface area contributed by atoms with Gasteiger partial charge < -0.3 is 14.2 Å². The van der Waals surface area contributed by atoms with Gasteiger partial charge in [0.1, 0.15) is 13.2 Å². The van der Waals surface area contributed by atoms with E-state index in [9.17, 15) is 14.4 Å². The molecule has 0 aliphatic carbocycles. The van der Waals surface area contributed by atoms with Crippen molar-refractivity contribution >= 4 is 17.9 Å². The molecule has 1 aromatic rings. The van der Waals surface area contributed by atoms with Gasteiger partial charge >= 0.3 is 17.9 Å². The van der Waals surface area contributed by atoms with Crippen LogP contribution < -0.4 is 0 Å². The number of ether oxygens (including phenoxy) is 3. The third kappa shape index (κ3) is 6.24. The van der Waals surface area contributed by atoms with Gasteiger partial charge in [0.2, 0.25) is 0 Å². The van der Waals surface area contributed by atoms with Gasteiger partial charge in [0.25, 0.3) is 0 Å². The summed E-state index contributed by atoms with van der Waals surface area (Å²) in [6.07, 6.45) is 0.561. The summed E-state index contributed by atoms with van der Waals surface area (Å²) in [4.78, 5) is 34.7. The zero-order chi connectivity index (χ0) is 18.1. The minimum atomic E-state index is -0.566. The molecule has 6 nitrogen and oxygen atoms in total. The second kappa shape index (κ2) is 9.50. The minimum Gasteiger partial charge on any atom is -0.465 e. The van der Waals surface area contributed by atoms with E-state index in [4.69, 9.17) is 9.47 Å². The summed E-state index contributed by atoms with van der Waals surface area (Å²) >= 11 is 0. The molecule has 0 heterocycles. The maximum absolute atomic E-state index is 11.8. The van der Waals surface area contributed by atoms with Crippen LogP contribution in [0.25, 0.3) is 0 Å². The van der Waals surface area contributed by atoms with Crippen LogP contribution in [0.3, 0.4) is 0 Å². The first-order valence-corrected chi connectivity index (χ1v) is 7.55. The van der Waals surface area contributed by atoms with Crippen LogP contribution in [0.4, 0.5) is 0 Å². The number of hydrogen-bond acceptors (Lipinski definition) is 6. The Bertz CT molecular complexity index is 600. The van der Waals surface area contributed by atoms with Crippen LogP contribution in [0.2, 0.25) is 0 Å². The van der Waals surface area contributed by atoms with Gasteiger partial charge in [-0.05, 0) is 36.6 Å². The minimum absolute atomic E-state index is 0.0397. The lowest BCUT2D eigenvalue weighted by Crippen LogP contribution is -2.15. The maximum atomic E-state index is 11.8. The van der Waals surface area contributed by atoms with Crippen LogP contribution in [0.1, 0.15) is 41.0 Å². The lowest BCUT2D eigenvalue weighted by atomic mass is 10.1. The van der Waals surface area contributed by atoms with E-state index in [1.807, 2.05) is 13.8 Å². The highest BCUT2D eigenvalue weighted by Crippen LogP contribution is 2.10. The summed E-state index contributed by atoms with van der Waals surface area (Å²) in [5, 5.41) is 0. The largest absolute Gasteiger partial charge is 0.465 e. The number of benzene rings is 1. The third-order valence-corrected chi connectivity index (χ3v) is 3.03. The fraction of sp³-hybridized carbons (Fsp3) is 0.389. The summed E-state index contributed by atoms with van der Waals surface area (Å²) in [7, 11) is 1.28. The highest BCUT2D eigenvalue weighted by atomic mass is 16.6. The molecule has 6 heteroatoms. The average molecular weight is 334 g/mol. The topological polar surface area (TPSA) is 78.9 Å². The predicted octanol–water partition coefficient (Wildman–Crippen LogP) is 2.78. The molecule has 0 unspecified atom stereocenters. The fourth-order valence-electron chi connectivity index (χ4n) is 1.89. The molecule has 0 atom stereocenters. The van der Waals surface area contributed by atoms with Gasteiger partial charge in [-0.25, -0.2) is 14.4 Å². The second-order valence-corrected chi connectivity index (χ2v) is 5.54. The normalized spacial score (nSPS) is 10.2. The van der Waals surface area contributed by atoms with Crippen molar-refractivity contribution in [1.29, 1.82) is 0 Å². The zero-order valence-electron chi connectivity index (χ0n) is 14.2. The molecule has 0 aliphatic heterocycles. The van der Waals surface area contributed by atoms with Gasteiger partial charge in [-0.2, -0.15) is 0 Å². The molecule has 0 amide bonds. The molecule has 0 radical (unpaired) electrons. The van der Waals surface area contributed by atoms with E-state index < -0.39 is 17.9 Å². The quantitative estimate of drug-likeness (QED) is 0.315. The molecule has 1 aromatic carbocycles. The Labute approximate surface area is 141 Å². The van der Waals surface area contributed by atoms with Gasteiger partial charge in [0, 0.05) is 5.57 Å². The molecule has 0 saturated carbocycles. The van der Waals surface area contributed by atoms with Crippen molar-refractivity contribution in [2.24, 2.45) is 5.92 Å².